The minimum absolute atomic E-state index is 0.0255. The molecule has 0 aliphatic carbocycles. The number of pyridine rings is 1. The molecule has 4 heteroatoms. The zero-order valence-electron chi connectivity index (χ0n) is 10.5. The molecule has 2 aromatic rings. The molecular weight excluding hydrogens is 244 g/mol. The maximum absolute atomic E-state index is 5.79. The first-order valence-corrected chi connectivity index (χ1v) is 6.54. The average Bonchev–Trinajstić information content (AvgIpc) is 2.40. The Morgan fingerprint density at radius 1 is 1.17 bits per heavy atom. The molecule has 0 fully saturated rings. The van der Waals surface area contributed by atoms with Crippen LogP contribution in [0.5, 0.6) is 5.75 Å². The third kappa shape index (κ3) is 3.24. The highest BCUT2D eigenvalue weighted by molar-refractivity contribution is 7.99. The van der Waals surface area contributed by atoms with E-state index in [1.807, 2.05) is 49.5 Å². The minimum atomic E-state index is 0.0255. The SMILES string of the molecule is COc1ccc(Sc2ccc([C@H](C)N)cn2)cc1. The highest BCUT2D eigenvalue weighted by Gasteiger charge is 2.02. The number of ether oxygens (including phenoxy) is 1. The molecule has 1 aromatic heterocycles. The summed E-state index contributed by atoms with van der Waals surface area (Å²) < 4.78 is 5.12. The molecule has 1 atom stereocenters. The van der Waals surface area contributed by atoms with Gasteiger partial charge < -0.3 is 10.5 Å². The largest absolute Gasteiger partial charge is 0.497 e. The number of nitrogens with two attached hydrogens (primary N) is 1. The molecule has 0 radical (unpaired) electrons. The van der Waals surface area contributed by atoms with Crippen LogP contribution in [0.4, 0.5) is 0 Å². The lowest BCUT2D eigenvalue weighted by Crippen LogP contribution is -2.04. The van der Waals surface area contributed by atoms with Gasteiger partial charge in [0, 0.05) is 17.1 Å². The predicted octanol–water partition coefficient (Wildman–Crippen LogP) is 3.26. The molecule has 18 heavy (non-hydrogen) atoms. The number of hydrogen-bond acceptors (Lipinski definition) is 4. The van der Waals surface area contributed by atoms with Crippen LogP contribution in [0.3, 0.4) is 0 Å². The third-order valence-electron chi connectivity index (χ3n) is 2.57. The second-order valence-corrected chi connectivity index (χ2v) is 5.09. The molecule has 0 saturated carbocycles. The van der Waals surface area contributed by atoms with Crippen molar-refractivity contribution < 1.29 is 4.74 Å². The van der Waals surface area contributed by atoms with Crippen LogP contribution in [0, 0.1) is 0 Å². The monoisotopic (exact) mass is 260 g/mol. The van der Waals surface area contributed by atoms with E-state index in [0.717, 1.165) is 21.2 Å². The predicted molar refractivity (Wildman–Crippen MR) is 74.0 cm³/mol. The average molecular weight is 260 g/mol. The Kier molecular flexibility index (Phi) is 4.23. The first-order valence-electron chi connectivity index (χ1n) is 5.72. The lowest BCUT2D eigenvalue weighted by atomic mass is 10.2. The van der Waals surface area contributed by atoms with E-state index in [-0.39, 0.29) is 6.04 Å². The van der Waals surface area contributed by atoms with Crippen molar-refractivity contribution in [1.82, 2.24) is 4.98 Å². The molecule has 1 aromatic carbocycles. The van der Waals surface area contributed by atoms with Gasteiger partial charge in [0.1, 0.15) is 10.8 Å². The molecule has 0 aliphatic rings. The van der Waals surface area contributed by atoms with Gasteiger partial charge in [-0.1, -0.05) is 17.8 Å². The number of methoxy groups -OCH3 is 1. The van der Waals surface area contributed by atoms with E-state index in [4.69, 9.17) is 10.5 Å². The molecule has 3 nitrogen and oxygen atoms in total. The van der Waals surface area contributed by atoms with Crippen molar-refractivity contribution in [1.29, 1.82) is 0 Å². The van der Waals surface area contributed by atoms with Gasteiger partial charge in [0.05, 0.1) is 7.11 Å². The zero-order chi connectivity index (χ0) is 13.0. The summed E-state index contributed by atoms with van der Waals surface area (Å²) in [6, 6.07) is 12.0. The van der Waals surface area contributed by atoms with Crippen LogP contribution >= 0.6 is 11.8 Å². The summed E-state index contributed by atoms with van der Waals surface area (Å²) in [7, 11) is 1.66. The number of nitrogens with zero attached hydrogens (tertiary/aromatic N) is 1. The van der Waals surface area contributed by atoms with E-state index in [1.165, 1.54) is 0 Å². The van der Waals surface area contributed by atoms with Crippen molar-refractivity contribution >= 4 is 11.8 Å². The van der Waals surface area contributed by atoms with Gasteiger partial charge in [-0.05, 0) is 42.8 Å². The molecule has 1 heterocycles. The molecule has 0 bridgehead atoms. The number of benzene rings is 1. The summed E-state index contributed by atoms with van der Waals surface area (Å²) >= 11 is 1.62. The van der Waals surface area contributed by atoms with Crippen LogP contribution in [-0.4, -0.2) is 12.1 Å². The van der Waals surface area contributed by atoms with E-state index >= 15 is 0 Å². The topological polar surface area (TPSA) is 48.1 Å². The first kappa shape index (κ1) is 12.9. The molecule has 2 N–H and O–H groups in total. The fourth-order valence-electron chi connectivity index (χ4n) is 1.49. The van der Waals surface area contributed by atoms with E-state index in [2.05, 4.69) is 4.98 Å². The Hall–Kier alpha value is -1.52. The van der Waals surface area contributed by atoms with Gasteiger partial charge in [0.25, 0.3) is 0 Å². The lowest BCUT2D eigenvalue weighted by molar-refractivity contribution is 0.414. The second kappa shape index (κ2) is 5.89. The number of hydrogen-bond donors (Lipinski definition) is 1. The van der Waals surface area contributed by atoms with Crippen LogP contribution in [-0.2, 0) is 0 Å². The van der Waals surface area contributed by atoms with E-state index in [1.54, 1.807) is 18.9 Å². The summed E-state index contributed by atoms with van der Waals surface area (Å²) in [6.07, 6.45) is 1.83. The maximum Gasteiger partial charge on any atom is 0.118 e. The van der Waals surface area contributed by atoms with Gasteiger partial charge >= 0.3 is 0 Å². The second-order valence-electron chi connectivity index (χ2n) is 4.00. The summed E-state index contributed by atoms with van der Waals surface area (Å²) in [5, 5.41) is 0.963. The molecule has 0 spiro atoms. The normalized spacial score (nSPS) is 12.2. The van der Waals surface area contributed by atoms with Gasteiger partial charge in [-0.3, -0.25) is 0 Å². The van der Waals surface area contributed by atoms with Crippen LogP contribution in [0.15, 0.2) is 52.5 Å². The van der Waals surface area contributed by atoms with Crippen LogP contribution < -0.4 is 10.5 Å². The van der Waals surface area contributed by atoms with Crippen LogP contribution in [0.1, 0.15) is 18.5 Å². The molecule has 94 valence electrons. The zero-order valence-corrected chi connectivity index (χ0v) is 11.3. The molecule has 0 unspecified atom stereocenters. The fraction of sp³-hybridized carbons (Fsp3) is 0.214. The van der Waals surface area contributed by atoms with Gasteiger partial charge in [-0.2, -0.15) is 0 Å². The van der Waals surface area contributed by atoms with Gasteiger partial charge in [0.15, 0.2) is 0 Å². The molecule has 0 saturated heterocycles. The number of rotatable bonds is 4. The summed E-state index contributed by atoms with van der Waals surface area (Å²) in [5.74, 6) is 0.861. The summed E-state index contributed by atoms with van der Waals surface area (Å²) in [5.41, 5.74) is 6.84. The highest BCUT2D eigenvalue weighted by Crippen LogP contribution is 2.27. The standard InChI is InChI=1S/C14H16N2OS/c1-10(15)11-3-8-14(16-9-11)18-13-6-4-12(17-2)5-7-13/h3-10H,15H2,1-2H3/t10-/m0/s1. The molecular formula is C14H16N2OS. The summed E-state index contributed by atoms with van der Waals surface area (Å²) in [6.45, 7) is 1.95. The van der Waals surface area contributed by atoms with Crippen molar-refractivity contribution in [3.8, 4) is 5.75 Å². The highest BCUT2D eigenvalue weighted by atomic mass is 32.2. The van der Waals surface area contributed by atoms with E-state index in [9.17, 15) is 0 Å². The number of aromatic nitrogens is 1. The smallest absolute Gasteiger partial charge is 0.118 e. The van der Waals surface area contributed by atoms with Gasteiger partial charge in [-0.15, -0.1) is 0 Å². The Morgan fingerprint density at radius 3 is 2.39 bits per heavy atom. The molecule has 2 rings (SSSR count). The molecule has 0 aliphatic heterocycles. The third-order valence-corrected chi connectivity index (χ3v) is 3.53. The fourth-order valence-corrected chi connectivity index (χ4v) is 2.24. The van der Waals surface area contributed by atoms with Crippen molar-refractivity contribution in [2.75, 3.05) is 7.11 Å². The Balaban J connectivity index is 2.08. The van der Waals surface area contributed by atoms with Gasteiger partial charge in [-0.25, -0.2) is 4.98 Å². The van der Waals surface area contributed by atoms with Crippen molar-refractivity contribution in [3.05, 3.63) is 48.2 Å². The first-order chi connectivity index (χ1) is 8.69. The maximum atomic E-state index is 5.79. The lowest BCUT2D eigenvalue weighted by Gasteiger charge is -2.06. The Morgan fingerprint density at radius 2 is 1.89 bits per heavy atom. The van der Waals surface area contributed by atoms with Crippen molar-refractivity contribution in [2.24, 2.45) is 5.73 Å². The Bertz CT molecular complexity index is 494. The van der Waals surface area contributed by atoms with E-state index in [0.29, 0.717) is 0 Å². The van der Waals surface area contributed by atoms with Gasteiger partial charge in [0.2, 0.25) is 0 Å². The minimum Gasteiger partial charge on any atom is -0.497 e. The Labute approximate surface area is 111 Å². The van der Waals surface area contributed by atoms with E-state index < -0.39 is 0 Å². The summed E-state index contributed by atoms with van der Waals surface area (Å²) in [4.78, 5) is 5.53. The van der Waals surface area contributed by atoms with Crippen molar-refractivity contribution in [3.63, 3.8) is 0 Å². The van der Waals surface area contributed by atoms with Crippen LogP contribution in [0.2, 0.25) is 0 Å². The van der Waals surface area contributed by atoms with Crippen LogP contribution in [0.25, 0.3) is 0 Å². The molecule has 0 amide bonds. The quantitative estimate of drug-likeness (QED) is 0.916. The van der Waals surface area contributed by atoms with Crippen molar-refractivity contribution in [2.45, 2.75) is 22.9 Å².